The minimum atomic E-state index is -0.549. The summed E-state index contributed by atoms with van der Waals surface area (Å²) in [5.41, 5.74) is 15.9. The maximum Gasteiger partial charge on any atom is 0.140 e. The Morgan fingerprint density at radius 1 is 0.474 bits per heavy atom. The van der Waals surface area contributed by atoms with E-state index in [1.807, 2.05) is 0 Å². The Morgan fingerprint density at radius 2 is 1.05 bits per heavy atom. The quantitative estimate of drug-likeness (QED) is 0.162. The zero-order chi connectivity index (χ0) is 37.8. The third-order valence-electron chi connectivity index (χ3n) is 12.1. The number of fused-ring (bicyclic) bond motifs is 6. The number of allylic oxidation sites excluding steroid dienone is 2. The van der Waals surface area contributed by atoms with Gasteiger partial charge in [-0.1, -0.05) is 188 Å². The summed E-state index contributed by atoms with van der Waals surface area (Å²) in [6, 6.07) is 72.6. The van der Waals surface area contributed by atoms with Crippen LogP contribution in [-0.2, 0) is 5.41 Å². The van der Waals surface area contributed by atoms with Gasteiger partial charge < -0.3 is 9.32 Å². The Bertz CT molecular complexity index is 2930. The van der Waals surface area contributed by atoms with E-state index >= 15 is 0 Å². The third kappa shape index (κ3) is 5.33. The summed E-state index contributed by atoms with van der Waals surface area (Å²) in [5.74, 6) is 0. The highest BCUT2D eigenvalue weighted by molar-refractivity contribution is 6.08. The zero-order valence-corrected chi connectivity index (χ0v) is 31.4. The van der Waals surface area contributed by atoms with E-state index in [0.29, 0.717) is 0 Å². The topological polar surface area (TPSA) is 16.4 Å². The Kier molecular flexibility index (Phi) is 7.89. The second-order valence-corrected chi connectivity index (χ2v) is 15.1. The van der Waals surface area contributed by atoms with Gasteiger partial charge in [0.05, 0.1) is 11.5 Å². The molecule has 0 amide bonds. The van der Waals surface area contributed by atoms with Crippen LogP contribution in [0.5, 0.6) is 0 Å². The van der Waals surface area contributed by atoms with Gasteiger partial charge in [-0.05, 0) is 80.8 Å². The molecule has 1 heterocycles. The second-order valence-electron chi connectivity index (χ2n) is 15.1. The molecule has 0 saturated carbocycles. The lowest BCUT2D eigenvalue weighted by atomic mass is 9.67. The lowest BCUT2D eigenvalue weighted by molar-refractivity contribution is 0.648. The predicted molar refractivity (Wildman–Crippen MR) is 237 cm³/mol. The van der Waals surface area contributed by atoms with Crippen molar-refractivity contribution in [2.75, 3.05) is 4.90 Å². The van der Waals surface area contributed by atoms with E-state index in [0.717, 1.165) is 45.3 Å². The molecular weight excluding hydrogens is 691 g/mol. The van der Waals surface area contributed by atoms with Gasteiger partial charge in [0.15, 0.2) is 0 Å². The first-order valence-corrected chi connectivity index (χ1v) is 19.9. The third-order valence-corrected chi connectivity index (χ3v) is 12.1. The molecule has 9 aromatic rings. The molecule has 0 bridgehead atoms. The molecule has 8 aromatic carbocycles. The molecule has 0 saturated heterocycles. The van der Waals surface area contributed by atoms with Gasteiger partial charge in [-0.15, -0.1) is 0 Å². The highest BCUT2D eigenvalue weighted by atomic mass is 16.3. The van der Waals surface area contributed by atoms with Crippen molar-refractivity contribution >= 4 is 38.9 Å². The highest BCUT2D eigenvalue weighted by Gasteiger charge is 2.47. The molecule has 2 aliphatic rings. The van der Waals surface area contributed by atoms with Crippen LogP contribution in [0.15, 0.2) is 223 Å². The van der Waals surface area contributed by atoms with Crippen LogP contribution in [0.3, 0.4) is 0 Å². The molecule has 11 rings (SSSR count). The molecule has 0 aliphatic heterocycles. The summed E-state index contributed by atoms with van der Waals surface area (Å²) in [6.45, 7) is 0. The Balaban J connectivity index is 1.07. The van der Waals surface area contributed by atoms with Crippen molar-refractivity contribution in [1.82, 2.24) is 0 Å². The smallest absolute Gasteiger partial charge is 0.140 e. The van der Waals surface area contributed by atoms with E-state index in [4.69, 9.17) is 4.42 Å². The molecule has 270 valence electrons. The van der Waals surface area contributed by atoms with E-state index in [1.54, 1.807) is 0 Å². The van der Waals surface area contributed by atoms with Crippen LogP contribution in [-0.4, -0.2) is 6.04 Å². The molecule has 0 fully saturated rings. The Morgan fingerprint density at radius 3 is 1.72 bits per heavy atom. The molecule has 0 spiro atoms. The molecule has 57 heavy (non-hydrogen) atoms. The van der Waals surface area contributed by atoms with Crippen LogP contribution >= 0.6 is 0 Å². The molecular formula is C55H39NO. The standard InChI is InChI=1S/C55H39NO/c1-4-15-38(16-5-1)40-27-31-43(32-28-40)56(44-33-29-41(30-34-44)39-17-6-2-7-18-39)45-35-36-48-49-23-14-26-52(54(49)57-53(48)37-45)55(42-19-8-3-9-20-42)50-24-12-10-21-46(50)47-22-11-13-25-51(47)55/h1-33,35-37,44H,34H2. The number of hydrogen-bond donors (Lipinski definition) is 0. The summed E-state index contributed by atoms with van der Waals surface area (Å²) < 4.78 is 7.18. The van der Waals surface area contributed by atoms with Crippen LogP contribution in [0.2, 0.25) is 0 Å². The van der Waals surface area contributed by atoms with Gasteiger partial charge >= 0.3 is 0 Å². The molecule has 2 heteroatoms. The van der Waals surface area contributed by atoms with E-state index in [1.165, 1.54) is 50.1 Å². The van der Waals surface area contributed by atoms with E-state index < -0.39 is 5.41 Å². The Labute approximate surface area is 333 Å². The average molecular weight is 730 g/mol. The fourth-order valence-electron chi connectivity index (χ4n) is 9.53. The maximum absolute atomic E-state index is 7.18. The number of rotatable bonds is 7. The predicted octanol–water partition coefficient (Wildman–Crippen LogP) is 14.2. The molecule has 1 aromatic heterocycles. The lowest BCUT2D eigenvalue weighted by Gasteiger charge is -2.33. The fourth-order valence-corrected chi connectivity index (χ4v) is 9.53. The molecule has 1 unspecified atom stereocenters. The van der Waals surface area contributed by atoms with Crippen molar-refractivity contribution in [3.05, 3.63) is 246 Å². The first kappa shape index (κ1) is 33.2. The number of para-hydroxylation sites is 1. The van der Waals surface area contributed by atoms with Crippen molar-refractivity contribution in [1.29, 1.82) is 0 Å². The number of anilines is 2. The molecule has 2 aliphatic carbocycles. The van der Waals surface area contributed by atoms with Gasteiger partial charge in [0, 0.05) is 33.8 Å². The lowest BCUT2D eigenvalue weighted by Crippen LogP contribution is -2.30. The van der Waals surface area contributed by atoms with Gasteiger partial charge in [-0.2, -0.15) is 0 Å². The largest absolute Gasteiger partial charge is 0.456 e. The summed E-state index contributed by atoms with van der Waals surface area (Å²) >= 11 is 0. The summed E-state index contributed by atoms with van der Waals surface area (Å²) in [5, 5.41) is 2.24. The van der Waals surface area contributed by atoms with Crippen LogP contribution in [0.25, 0.3) is 49.8 Å². The molecule has 2 nitrogen and oxygen atoms in total. The number of furan rings is 1. The van der Waals surface area contributed by atoms with Gasteiger partial charge in [0.2, 0.25) is 0 Å². The van der Waals surface area contributed by atoms with Gasteiger partial charge in [0.25, 0.3) is 0 Å². The first-order valence-electron chi connectivity index (χ1n) is 19.9. The summed E-state index contributed by atoms with van der Waals surface area (Å²) in [6.07, 6.45) is 7.88. The van der Waals surface area contributed by atoms with Crippen molar-refractivity contribution in [3.8, 4) is 22.3 Å². The van der Waals surface area contributed by atoms with E-state index in [9.17, 15) is 0 Å². The summed E-state index contributed by atoms with van der Waals surface area (Å²) in [7, 11) is 0. The van der Waals surface area contributed by atoms with E-state index in [2.05, 4.69) is 223 Å². The second kappa shape index (κ2) is 13.5. The first-order chi connectivity index (χ1) is 28.3. The average Bonchev–Trinajstić information content (AvgIpc) is 3.82. The van der Waals surface area contributed by atoms with Crippen LogP contribution < -0.4 is 4.90 Å². The van der Waals surface area contributed by atoms with Gasteiger partial charge in [-0.3, -0.25) is 0 Å². The van der Waals surface area contributed by atoms with Crippen molar-refractivity contribution < 1.29 is 4.42 Å². The number of nitrogens with zero attached hydrogens (tertiary/aromatic N) is 1. The van der Waals surface area contributed by atoms with Crippen LogP contribution in [0.4, 0.5) is 11.4 Å². The number of hydrogen-bond acceptors (Lipinski definition) is 2. The fraction of sp³-hybridized carbons (Fsp3) is 0.0545. The van der Waals surface area contributed by atoms with E-state index in [-0.39, 0.29) is 6.04 Å². The normalized spacial score (nSPS) is 15.3. The molecule has 0 N–H and O–H groups in total. The van der Waals surface area contributed by atoms with Crippen molar-refractivity contribution in [2.45, 2.75) is 17.9 Å². The SMILES string of the molecule is C1=CC(N(c2ccc(-c3ccccc3)cc2)c2ccc3c(c2)oc2c(C4(c5ccccc5)c5ccccc5-c5ccccc54)cccc23)CC=C1c1ccccc1. The molecule has 0 radical (unpaired) electrons. The molecule has 1 atom stereocenters. The minimum Gasteiger partial charge on any atom is -0.456 e. The summed E-state index contributed by atoms with van der Waals surface area (Å²) in [4.78, 5) is 2.46. The van der Waals surface area contributed by atoms with Crippen LogP contribution in [0.1, 0.15) is 34.2 Å². The van der Waals surface area contributed by atoms with Gasteiger partial charge in [0.1, 0.15) is 11.2 Å². The Hall–Kier alpha value is -7.16. The maximum atomic E-state index is 7.18. The zero-order valence-electron chi connectivity index (χ0n) is 31.4. The van der Waals surface area contributed by atoms with Crippen molar-refractivity contribution in [2.24, 2.45) is 0 Å². The number of benzene rings is 8. The van der Waals surface area contributed by atoms with Crippen molar-refractivity contribution in [3.63, 3.8) is 0 Å². The van der Waals surface area contributed by atoms with Crippen LogP contribution in [0, 0.1) is 0 Å². The minimum absolute atomic E-state index is 0.116. The monoisotopic (exact) mass is 729 g/mol. The highest BCUT2D eigenvalue weighted by Crippen LogP contribution is 2.57. The van der Waals surface area contributed by atoms with Gasteiger partial charge in [-0.25, -0.2) is 0 Å².